The average Bonchev–Trinajstić information content (AvgIpc) is 2.35. The number of benzene rings is 1. The highest BCUT2D eigenvalue weighted by Crippen LogP contribution is 2.23. The number of amides is 2. The first-order valence-corrected chi connectivity index (χ1v) is 6.58. The molecule has 19 heavy (non-hydrogen) atoms. The Bertz CT molecular complexity index is 540. The summed E-state index contributed by atoms with van der Waals surface area (Å²) >= 11 is 6.05. The Labute approximate surface area is 117 Å². The summed E-state index contributed by atoms with van der Waals surface area (Å²) in [6.45, 7) is 6.36. The van der Waals surface area contributed by atoms with Gasteiger partial charge in [0.25, 0.3) is 5.91 Å². The molecule has 1 saturated heterocycles. The van der Waals surface area contributed by atoms with E-state index in [-0.39, 0.29) is 11.8 Å². The summed E-state index contributed by atoms with van der Waals surface area (Å²) in [5, 5.41) is 3.33. The van der Waals surface area contributed by atoms with E-state index >= 15 is 0 Å². The molecule has 0 aliphatic carbocycles. The molecule has 2 rings (SSSR count). The van der Waals surface area contributed by atoms with Crippen LogP contribution in [0.25, 0.3) is 0 Å². The minimum atomic E-state index is -0.841. The van der Waals surface area contributed by atoms with E-state index in [2.05, 4.69) is 5.32 Å². The number of carbonyl (C=O) groups excluding carboxylic acids is 2. The highest BCUT2D eigenvalue weighted by molar-refractivity contribution is 6.31. The van der Waals surface area contributed by atoms with Crippen LogP contribution in [0.3, 0.4) is 0 Å². The summed E-state index contributed by atoms with van der Waals surface area (Å²) in [7, 11) is 0. The lowest BCUT2D eigenvalue weighted by Crippen LogP contribution is -2.63. The zero-order valence-corrected chi connectivity index (χ0v) is 12.0. The number of piperazine rings is 1. The number of nitrogens with zero attached hydrogens (tertiary/aromatic N) is 1. The van der Waals surface area contributed by atoms with Crippen molar-refractivity contribution in [2.45, 2.75) is 26.3 Å². The third-order valence-corrected chi connectivity index (χ3v) is 3.92. The Hall–Kier alpha value is -1.55. The standard InChI is InChI=1S/C14H17ClN2O2/c1-9-4-5-10(8-11(9)15)12(18)17-7-6-16-13(19)14(17,2)3/h4-5,8H,6-7H2,1-3H3,(H,16,19). The van der Waals surface area contributed by atoms with Gasteiger partial charge in [-0.1, -0.05) is 17.7 Å². The first kappa shape index (κ1) is 13.9. The zero-order chi connectivity index (χ0) is 14.2. The van der Waals surface area contributed by atoms with Crippen LogP contribution in [0.15, 0.2) is 18.2 Å². The van der Waals surface area contributed by atoms with E-state index in [1.54, 1.807) is 30.9 Å². The molecule has 5 heteroatoms. The second-order valence-electron chi connectivity index (χ2n) is 5.24. The minimum absolute atomic E-state index is 0.134. The number of aryl methyl sites for hydroxylation is 1. The van der Waals surface area contributed by atoms with Gasteiger partial charge in [0, 0.05) is 23.7 Å². The van der Waals surface area contributed by atoms with Crippen LogP contribution in [0.5, 0.6) is 0 Å². The second kappa shape index (κ2) is 4.85. The monoisotopic (exact) mass is 280 g/mol. The van der Waals surface area contributed by atoms with Crippen molar-refractivity contribution in [2.24, 2.45) is 0 Å². The Morgan fingerprint density at radius 2 is 2.11 bits per heavy atom. The number of rotatable bonds is 1. The van der Waals surface area contributed by atoms with Gasteiger partial charge in [0.15, 0.2) is 0 Å². The maximum Gasteiger partial charge on any atom is 0.254 e. The molecule has 102 valence electrons. The van der Waals surface area contributed by atoms with Crippen LogP contribution in [-0.2, 0) is 4.79 Å². The normalized spacial score (nSPS) is 18.1. The molecule has 0 radical (unpaired) electrons. The van der Waals surface area contributed by atoms with Gasteiger partial charge in [-0.05, 0) is 38.5 Å². The van der Waals surface area contributed by atoms with E-state index in [0.717, 1.165) is 5.56 Å². The molecule has 0 spiro atoms. The van der Waals surface area contributed by atoms with Crippen molar-refractivity contribution >= 4 is 23.4 Å². The molecule has 1 fully saturated rings. The van der Waals surface area contributed by atoms with Gasteiger partial charge in [0.05, 0.1) is 0 Å². The summed E-state index contributed by atoms with van der Waals surface area (Å²) < 4.78 is 0. The predicted molar refractivity (Wildman–Crippen MR) is 74.3 cm³/mol. The molecule has 4 nitrogen and oxygen atoms in total. The van der Waals surface area contributed by atoms with Crippen LogP contribution in [0.4, 0.5) is 0 Å². The molecular weight excluding hydrogens is 264 g/mol. The van der Waals surface area contributed by atoms with Crippen LogP contribution in [-0.4, -0.2) is 35.3 Å². The van der Waals surface area contributed by atoms with Crippen molar-refractivity contribution in [1.82, 2.24) is 10.2 Å². The van der Waals surface area contributed by atoms with Crippen LogP contribution in [0.1, 0.15) is 29.8 Å². The molecule has 0 bridgehead atoms. The van der Waals surface area contributed by atoms with Crippen molar-refractivity contribution in [3.05, 3.63) is 34.3 Å². The summed E-state index contributed by atoms with van der Waals surface area (Å²) in [6.07, 6.45) is 0. The molecule has 0 aromatic heterocycles. The maximum atomic E-state index is 12.5. The summed E-state index contributed by atoms with van der Waals surface area (Å²) in [5.74, 6) is -0.299. The minimum Gasteiger partial charge on any atom is -0.352 e. The van der Waals surface area contributed by atoms with E-state index in [0.29, 0.717) is 23.7 Å². The van der Waals surface area contributed by atoms with Crippen LogP contribution < -0.4 is 5.32 Å². The Balaban J connectivity index is 2.32. The smallest absolute Gasteiger partial charge is 0.254 e. The van der Waals surface area contributed by atoms with E-state index in [4.69, 9.17) is 11.6 Å². The fourth-order valence-electron chi connectivity index (χ4n) is 2.14. The first-order chi connectivity index (χ1) is 8.84. The molecule has 2 amide bonds. The van der Waals surface area contributed by atoms with Crippen LogP contribution in [0, 0.1) is 6.92 Å². The highest BCUT2D eigenvalue weighted by atomic mass is 35.5. The first-order valence-electron chi connectivity index (χ1n) is 6.20. The molecule has 1 aliphatic heterocycles. The summed E-state index contributed by atoms with van der Waals surface area (Å²) in [6, 6.07) is 5.21. The van der Waals surface area contributed by atoms with Gasteiger partial charge in [-0.2, -0.15) is 0 Å². The molecule has 1 aliphatic rings. The Morgan fingerprint density at radius 1 is 1.42 bits per heavy atom. The van der Waals surface area contributed by atoms with Crippen molar-refractivity contribution in [3.63, 3.8) is 0 Å². The van der Waals surface area contributed by atoms with Gasteiger partial charge in [-0.15, -0.1) is 0 Å². The van der Waals surface area contributed by atoms with Crippen molar-refractivity contribution in [1.29, 1.82) is 0 Å². The SMILES string of the molecule is Cc1ccc(C(=O)N2CCNC(=O)C2(C)C)cc1Cl. The number of hydrogen-bond donors (Lipinski definition) is 1. The summed E-state index contributed by atoms with van der Waals surface area (Å²) in [4.78, 5) is 26.0. The molecule has 0 atom stereocenters. The van der Waals surface area contributed by atoms with Crippen LogP contribution >= 0.6 is 11.6 Å². The molecule has 1 aromatic carbocycles. The largest absolute Gasteiger partial charge is 0.352 e. The lowest BCUT2D eigenvalue weighted by molar-refractivity contribution is -0.133. The van der Waals surface area contributed by atoms with Gasteiger partial charge < -0.3 is 10.2 Å². The molecule has 1 heterocycles. The van der Waals surface area contributed by atoms with Gasteiger partial charge in [-0.3, -0.25) is 9.59 Å². The number of nitrogens with one attached hydrogen (secondary N) is 1. The Morgan fingerprint density at radius 3 is 2.74 bits per heavy atom. The fraction of sp³-hybridized carbons (Fsp3) is 0.429. The number of hydrogen-bond acceptors (Lipinski definition) is 2. The topological polar surface area (TPSA) is 49.4 Å². The molecule has 1 aromatic rings. The van der Waals surface area contributed by atoms with Crippen molar-refractivity contribution in [3.8, 4) is 0 Å². The van der Waals surface area contributed by atoms with Gasteiger partial charge >= 0.3 is 0 Å². The second-order valence-corrected chi connectivity index (χ2v) is 5.64. The molecule has 0 unspecified atom stereocenters. The molecule has 0 saturated carbocycles. The van der Waals surface area contributed by atoms with E-state index < -0.39 is 5.54 Å². The number of carbonyl (C=O) groups is 2. The lowest BCUT2D eigenvalue weighted by Gasteiger charge is -2.41. The zero-order valence-electron chi connectivity index (χ0n) is 11.3. The maximum absolute atomic E-state index is 12.5. The Kier molecular flexibility index (Phi) is 3.54. The van der Waals surface area contributed by atoms with Crippen molar-refractivity contribution in [2.75, 3.05) is 13.1 Å². The molecule has 1 N–H and O–H groups in total. The van der Waals surface area contributed by atoms with E-state index in [9.17, 15) is 9.59 Å². The number of halogens is 1. The van der Waals surface area contributed by atoms with Gasteiger partial charge in [-0.25, -0.2) is 0 Å². The van der Waals surface area contributed by atoms with Crippen LogP contribution in [0.2, 0.25) is 5.02 Å². The molecular formula is C14H17ClN2O2. The van der Waals surface area contributed by atoms with Gasteiger partial charge in [0.1, 0.15) is 5.54 Å². The van der Waals surface area contributed by atoms with E-state index in [1.807, 2.05) is 13.0 Å². The lowest BCUT2D eigenvalue weighted by atomic mass is 9.97. The third-order valence-electron chi connectivity index (χ3n) is 3.52. The highest BCUT2D eigenvalue weighted by Gasteiger charge is 2.40. The average molecular weight is 281 g/mol. The van der Waals surface area contributed by atoms with E-state index in [1.165, 1.54) is 0 Å². The third kappa shape index (κ3) is 2.45. The quantitative estimate of drug-likeness (QED) is 0.855. The van der Waals surface area contributed by atoms with Gasteiger partial charge in [0.2, 0.25) is 5.91 Å². The summed E-state index contributed by atoms with van der Waals surface area (Å²) in [5.41, 5.74) is 0.597. The fourth-order valence-corrected chi connectivity index (χ4v) is 2.32. The predicted octanol–water partition coefficient (Wildman–Crippen LogP) is 2.00. The van der Waals surface area contributed by atoms with Crippen molar-refractivity contribution < 1.29 is 9.59 Å².